The maximum absolute atomic E-state index is 12.6. The summed E-state index contributed by atoms with van der Waals surface area (Å²) in [5, 5.41) is 43.8. The normalized spacial score (nSPS) is 14.1. The van der Waals surface area contributed by atoms with Crippen molar-refractivity contribution in [3.63, 3.8) is 0 Å². The zero-order chi connectivity index (χ0) is 45.9. The third-order valence-corrected chi connectivity index (χ3v) is 13.1. The first kappa shape index (κ1) is 61.5. The monoisotopic (exact) mass is 888 g/mol. The molecule has 0 bridgehead atoms. The van der Waals surface area contributed by atoms with Crippen molar-refractivity contribution in [2.75, 3.05) is 6.61 Å². The minimum absolute atomic E-state index is 0.362. The number of carbonyl (C=O) groups excluding carboxylic acids is 1. The number of hydrogen-bond acceptors (Lipinski definition) is 5. The average molecular weight is 889 g/mol. The topological polar surface area (TPSA) is 110 Å². The largest absolute Gasteiger partial charge is 0.394 e. The van der Waals surface area contributed by atoms with Crippen LogP contribution >= 0.6 is 0 Å². The summed E-state index contributed by atoms with van der Waals surface area (Å²) in [4.78, 5) is 12.6. The molecule has 5 N–H and O–H groups in total. The van der Waals surface area contributed by atoms with Crippen LogP contribution in [0.25, 0.3) is 0 Å². The molecule has 0 aliphatic rings. The van der Waals surface area contributed by atoms with Gasteiger partial charge in [-0.25, -0.2) is 0 Å². The lowest BCUT2D eigenvalue weighted by Gasteiger charge is -2.27. The predicted octanol–water partition coefficient (Wildman–Crippen LogP) is 16.0. The summed E-state index contributed by atoms with van der Waals surface area (Å²) in [5.74, 6) is -0.596. The Balaban J connectivity index is 3.60. The van der Waals surface area contributed by atoms with Crippen LogP contribution < -0.4 is 5.32 Å². The van der Waals surface area contributed by atoms with E-state index in [0.29, 0.717) is 19.3 Å². The van der Waals surface area contributed by atoms with Gasteiger partial charge in [0.1, 0.15) is 12.2 Å². The van der Waals surface area contributed by atoms with Crippen molar-refractivity contribution in [1.29, 1.82) is 0 Å². The molecule has 63 heavy (non-hydrogen) atoms. The van der Waals surface area contributed by atoms with Crippen LogP contribution in [0, 0.1) is 0 Å². The van der Waals surface area contributed by atoms with Crippen LogP contribution in [0.15, 0.2) is 36.5 Å². The maximum Gasteiger partial charge on any atom is 0.249 e. The molecule has 0 saturated carbocycles. The Kier molecular flexibility index (Phi) is 50.3. The molecule has 4 unspecified atom stereocenters. The van der Waals surface area contributed by atoms with Crippen molar-refractivity contribution in [3.8, 4) is 0 Å². The van der Waals surface area contributed by atoms with E-state index in [1.54, 1.807) is 0 Å². The number of hydrogen-bond donors (Lipinski definition) is 5. The lowest BCUT2D eigenvalue weighted by Crippen LogP contribution is -2.53. The lowest BCUT2D eigenvalue weighted by atomic mass is 10.00. The number of amides is 1. The molecule has 0 fully saturated rings. The molecule has 0 aromatic carbocycles. The number of allylic oxidation sites excluding steroid dienone is 6. The minimum atomic E-state index is -1.29. The summed E-state index contributed by atoms with van der Waals surface area (Å²) >= 11 is 0. The zero-order valence-electron chi connectivity index (χ0n) is 42.1. The summed E-state index contributed by atoms with van der Waals surface area (Å²) in [6.07, 6.45) is 63.7. The number of nitrogens with one attached hydrogen (secondary N) is 1. The Morgan fingerprint density at radius 1 is 0.381 bits per heavy atom. The zero-order valence-corrected chi connectivity index (χ0v) is 42.1. The average Bonchev–Trinajstić information content (AvgIpc) is 3.29. The van der Waals surface area contributed by atoms with Gasteiger partial charge < -0.3 is 25.7 Å². The van der Waals surface area contributed by atoms with Crippen LogP contribution in [0.3, 0.4) is 0 Å². The van der Waals surface area contributed by atoms with E-state index in [0.717, 1.165) is 51.4 Å². The van der Waals surface area contributed by atoms with E-state index in [1.807, 2.05) is 0 Å². The fourth-order valence-corrected chi connectivity index (χ4v) is 8.67. The first-order valence-corrected chi connectivity index (χ1v) is 27.9. The molecule has 4 atom stereocenters. The third kappa shape index (κ3) is 45.5. The van der Waals surface area contributed by atoms with E-state index < -0.39 is 36.9 Å². The van der Waals surface area contributed by atoms with Gasteiger partial charge in [0.2, 0.25) is 5.91 Å². The summed E-state index contributed by atoms with van der Waals surface area (Å²) in [7, 11) is 0. The van der Waals surface area contributed by atoms with Crippen LogP contribution in [0.4, 0.5) is 0 Å². The van der Waals surface area contributed by atoms with E-state index in [9.17, 15) is 25.2 Å². The molecule has 0 aliphatic heterocycles. The predicted molar refractivity (Wildman–Crippen MR) is 274 cm³/mol. The summed E-state index contributed by atoms with van der Waals surface area (Å²) in [5.41, 5.74) is 0. The summed E-state index contributed by atoms with van der Waals surface area (Å²) < 4.78 is 0. The number of rotatable bonds is 51. The molecule has 0 radical (unpaired) electrons. The fourth-order valence-electron chi connectivity index (χ4n) is 8.67. The molecule has 0 rings (SSSR count). The highest BCUT2D eigenvalue weighted by Gasteiger charge is 2.28. The van der Waals surface area contributed by atoms with Gasteiger partial charge in [0.05, 0.1) is 18.8 Å². The minimum Gasteiger partial charge on any atom is -0.394 e. The Bertz CT molecular complexity index is 997. The van der Waals surface area contributed by atoms with Gasteiger partial charge in [-0.3, -0.25) is 4.79 Å². The highest BCUT2D eigenvalue weighted by Crippen LogP contribution is 2.18. The summed E-state index contributed by atoms with van der Waals surface area (Å²) in [6, 6.07) is -1.01. The number of carbonyl (C=O) groups is 1. The van der Waals surface area contributed by atoms with Crippen molar-refractivity contribution in [3.05, 3.63) is 36.5 Å². The van der Waals surface area contributed by atoms with Gasteiger partial charge in [-0.2, -0.15) is 0 Å². The second-order valence-corrected chi connectivity index (χ2v) is 19.3. The van der Waals surface area contributed by atoms with E-state index in [1.165, 1.54) is 205 Å². The molecule has 0 saturated heterocycles. The molecule has 372 valence electrons. The molecule has 6 nitrogen and oxygen atoms in total. The van der Waals surface area contributed by atoms with Gasteiger partial charge in [-0.05, 0) is 64.2 Å². The van der Waals surface area contributed by atoms with Crippen LogP contribution in [0.1, 0.15) is 290 Å². The Morgan fingerprint density at radius 2 is 0.667 bits per heavy atom. The second kappa shape index (κ2) is 51.5. The van der Waals surface area contributed by atoms with Gasteiger partial charge in [0, 0.05) is 0 Å². The highest BCUT2D eigenvalue weighted by molar-refractivity contribution is 5.80. The quantitative estimate of drug-likeness (QED) is 0.0309. The second-order valence-electron chi connectivity index (χ2n) is 19.3. The molecule has 0 spiro atoms. The van der Waals surface area contributed by atoms with E-state index >= 15 is 0 Å². The Labute approximate surface area is 392 Å². The molecular formula is C57H109NO5. The molecule has 0 heterocycles. The van der Waals surface area contributed by atoms with Crippen LogP contribution in [0.2, 0.25) is 0 Å². The first-order chi connectivity index (χ1) is 31.0. The SMILES string of the molecule is CCCCC/C=C/CC/C=C/CC/C=C/CCCC(O)C(O)C(CO)NC(=O)C(O)CCCCCCCCCCCCCCCCCCCCCCCCCCCCCCCCC. The molecule has 0 aromatic heterocycles. The van der Waals surface area contributed by atoms with Gasteiger partial charge in [0.15, 0.2) is 0 Å². The van der Waals surface area contributed by atoms with Crippen LogP contribution in [0.5, 0.6) is 0 Å². The molecule has 6 heteroatoms. The Hall–Kier alpha value is -1.47. The van der Waals surface area contributed by atoms with E-state index in [2.05, 4.69) is 55.6 Å². The molecule has 0 aromatic rings. The van der Waals surface area contributed by atoms with Crippen molar-refractivity contribution in [2.24, 2.45) is 0 Å². The van der Waals surface area contributed by atoms with Crippen molar-refractivity contribution in [2.45, 2.75) is 314 Å². The molecule has 0 aliphatic carbocycles. The van der Waals surface area contributed by atoms with Crippen molar-refractivity contribution >= 4 is 5.91 Å². The number of aliphatic hydroxyl groups is 4. The Morgan fingerprint density at radius 3 is 1.00 bits per heavy atom. The number of aliphatic hydroxyl groups excluding tert-OH is 4. The van der Waals surface area contributed by atoms with Gasteiger partial charge in [-0.15, -0.1) is 0 Å². The van der Waals surface area contributed by atoms with Crippen molar-refractivity contribution in [1.82, 2.24) is 5.32 Å². The fraction of sp³-hybridized carbons (Fsp3) is 0.877. The lowest BCUT2D eigenvalue weighted by molar-refractivity contribution is -0.132. The summed E-state index contributed by atoms with van der Waals surface area (Å²) in [6.45, 7) is 4.03. The standard InChI is InChI=1S/C57H109NO5/c1-3-5-7-9-11-13-15-17-19-21-22-23-24-25-26-27-28-29-30-31-32-33-34-35-37-39-41-43-45-47-49-51-55(61)57(63)58-53(52-59)56(62)54(60)50-48-46-44-42-40-38-36-20-18-16-14-12-10-8-6-4-2/h12,14,20,36,42,44,53-56,59-62H,3-11,13,15-19,21-35,37-41,43,45-52H2,1-2H3,(H,58,63)/b14-12+,36-20+,44-42+. The van der Waals surface area contributed by atoms with Gasteiger partial charge in [0.25, 0.3) is 0 Å². The molecular weight excluding hydrogens is 779 g/mol. The van der Waals surface area contributed by atoms with E-state index in [4.69, 9.17) is 0 Å². The number of unbranched alkanes of at least 4 members (excludes halogenated alkanes) is 36. The van der Waals surface area contributed by atoms with Gasteiger partial charge >= 0.3 is 0 Å². The van der Waals surface area contributed by atoms with Crippen molar-refractivity contribution < 1.29 is 25.2 Å². The van der Waals surface area contributed by atoms with Crippen LogP contribution in [-0.4, -0.2) is 57.3 Å². The van der Waals surface area contributed by atoms with Gasteiger partial charge in [-0.1, -0.05) is 262 Å². The third-order valence-electron chi connectivity index (χ3n) is 13.1. The van der Waals surface area contributed by atoms with Crippen LogP contribution in [-0.2, 0) is 4.79 Å². The van der Waals surface area contributed by atoms with E-state index in [-0.39, 0.29) is 0 Å². The molecule has 1 amide bonds. The maximum atomic E-state index is 12.6. The first-order valence-electron chi connectivity index (χ1n) is 27.9. The smallest absolute Gasteiger partial charge is 0.249 e. The highest BCUT2D eigenvalue weighted by atomic mass is 16.3.